The smallest absolute Gasteiger partial charge is 0.167 e. The van der Waals surface area contributed by atoms with Crippen LogP contribution in [0.5, 0.6) is 0 Å². The molecule has 1 fully saturated rings. The van der Waals surface area contributed by atoms with Crippen molar-refractivity contribution in [3.05, 3.63) is 41.9 Å². The molecule has 0 unspecified atom stereocenters. The fraction of sp³-hybridized carbons (Fsp3) is 0.417. The first kappa shape index (κ1) is 23.1. The Morgan fingerprint density at radius 3 is 2.73 bits per heavy atom. The molecule has 8 nitrogen and oxygen atoms in total. The first-order chi connectivity index (χ1) is 15.9. The van der Waals surface area contributed by atoms with E-state index in [0.717, 1.165) is 34.7 Å². The van der Waals surface area contributed by atoms with Crippen LogP contribution >= 0.6 is 0 Å². The summed E-state index contributed by atoms with van der Waals surface area (Å²) >= 11 is 0. The third-order valence-electron chi connectivity index (χ3n) is 5.78. The van der Waals surface area contributed by atoms with Gasteiger partial charge in [0.2, 0.25) is 0 Å². The normalized spacial score (nSPS) is 14.4. The minimum absolute atomic E-state index is 0.229. The predicted octanol–water partition coefficient (Wildman–Crippen LogP) is 3.93. The van der Waals surface area contributed by atoms with Crippen LogP contribution in [0.2, 0.25) is 25.7 Å². The van der Waals surface area contributed by atoms with Crippen molar-refractivity contribution in [3.8, 4) is 17.2 Å². The molecule has 1 aliphatic rings. The van der Waals surface area contributed by atoms with Gasteiger partial charge in [-0.1, -0.05) is 31.8 Å². The first-order valence-electron chi connectivity index (χ1n) is 11.2. The van der Waals surface area contributed by atoms with Gasteiger partial charge in [0.15, 0.2) is 6.29 Å². The summed E-state index contributed by atoms with van der Waals surface area (Å²) < 4.78 is 13.4. The summed E-state index contributed by atoms with van der Waals surface area (Å²) in [7, 11) is -1.24. The molecule has 0 radical (unpaired) electrons. The van der Waals surface area contributed by atoms with E-state index in [1.807, 2.05) is 16.7 Å². The molecular weight excluding hydrogens is 434 g/mol. The molecule has 4 rings (SSSR count). The molecule has 3 aromatic rings. The second-order valence-electron chi connectivity index (χ2n) is 9.34. The number of anilines is 1. The van der Waals surface area contributed by atoms with E-state index < -0.39 is 8.07 Å². The third kappa shape index (κ3) is 4.98. The van der Waals surface area contributed by atoms with Crippen LogP contribution in [-0.4, -0.2) is 61.8 Å². The van der Waals surface area contributed by atoms with Gasteiger partial charge >= 0.3 is 0 Å². The van der Waals surface area contributed by atoms with Crippen LogP contribution in [0.3, 0.4) is 0 Å². The van der Waals surface area contributed by atoms with Crippen molar-refractivity contribution < 1.29 is 14.3 Å². The van der Waals surface area contributed by atoms with Crippen molar-refractivity contribution in [2.24, 2.45) is 0 Å². The number of fused-ring (bicyclic) bond motifs is 1. The highest BCUT2D eigenvalue weighted by Crippen LogP contribution is 2.38. The fourth-order valence-electron chi connectivity index (χ4n) is 4.01. The molecule has 1 aromatic carbocycles. The number of ether oxygens (including phenoxy) is 2. The minimum atomic E-state index is -1.24. The van der Waals surface area contributed by atoms with E-state index in [1.165, 1.54) is 6.33 Å². The molecule has 2 aromatic heterocycles. The van der Waals surface area contributed by atoms with E-state index >= 15 is 0 Å². The molecule has 3 heterocycles. The van der Waals surface area contributed by atoms with Crippen LogP contribution in [0.1, 0.15) is 16.1 Å². The zero-order valence-electron chi connectivity index (χ0n) is 19.4. The van der Waals surface area contributed by atoms with Crippen molar-refractivity contribution in [3.63, 3.8) is 0 Å². The van der Waals surface area contributed by atoms with Crippen molar-refractivity contribution in [1.29, 1.82) is 5.26 Å². The van der Waals surface area contributed by atoms with Gasteiger partial charge in [-0.2, -0.15) is 5.26 Å². The van der Waals surface area contributed by atoms with Crippen LogP contribution in [0.4, 0.5) is 5.82 Å². The summed E-state index contributed by atoms with van der Waals surface area (Å²) in [6, 6.07) is 10.5. The SMILES string of the molecule is C[Si](C)(C)CCOCn1c(C=O)c(-c2cccc(C#N)c2)c2c(N3CCOCC3)ncnc21. The summed E-state index contributed by atoms with van der Waals surface area (Å²) in [4.78, 5) is 23.7. The highest BCUT2D eigenvalue weighted by atomic mass is 28.3. The molecule has 33 heavy (non-hydrogen) atoms. The standard InChI is InChI=1S/C24H29N5O3Si/c1-33(2,3)12-11-32-17-29-20(15-30)21(19-6-4-5-18(13-19)14-25)22-23(26-16-27-24(22)29)28-7-9-31-10-8-28/h4-6,13,15-16H,7-12,17H2,1-3H3. The van der Waals surface area contributed by atoms with Crippen molar-refractivity contribution in [2.75, 3.05) is 37.8 Å². The molecule has 1 saturated heterocycles. The molecule has 0 spiro atoms. The van der Waals surface area contributed by atoms with Crippen molar-refractivity contribution in [2.45, 2.75) is 32.4 Å². The molecule has 0 aliphatic carbocycles. The lowest BCUT2D eigenvalue weighted by Gasteiger charge is -2.28. The second kappa shape index (κ2) is 9.83. The summed E-state index contributed by atoms with van der Waals surface area (Å²) in [6.07, 6.45) is 2.39. The Morgan fingerprint density at radius 2 is 2.03 bits per heavy atom. The zero-order chi connectivity index (χ0) is 23.4. The Bertz CT molecular complexity index is 1190. The van der Waals surface area contributed by atoms with Gasteiger partial charge in [0.25, 0.3) is 0 Å². The van der Waals surface area contributed by atoms with Crippen molar-refractivity contribution >= 4 is 31.2 Å². The van der Waals surface area contributed by atoms with Gasteiger partial charge in [0.1, 0.15) is 24.5 Å². The quantitative estimate of drug-likeness (QED) is 0.284. The van der Waals surface area contributed by atoms with E-state index in [-0.39, 0.29) is 6.73 Å². The summed E-state index contributed by atoms with van der Waals surface area (Å²) in [5.74, 6) is 0.768. The van der Waals surface area contributed by atoms with Crippen LogP contribution in [-0.2, 0) is 16.2 Å². The number of benzene rings is 1. The number of carbonyl (C=O) groups excluding carboxylic acids is 1. The Morgan fingerprint density at radius 1 is 1.24 bits per heavy atom. The number of aldehydes is 1. The molecule has 9 heteroatoms. The maximum Gasteiger partial charge on any atom is 0.167 e. The van der Waals surface area contributed by atoms with Gasteiger partial charge in [-0.15, -0.1) is 0 Å². The molecule has 0 N–H and O–H groups in total. The fourth-order valence-corrected chi connectivity index (χ4v) is 4.77. The molecule has 0 atom stereocenters. The molecule has 0 amide bonds. The highest BCUT2D eigenvalue weighted by Gasteiger charge is 2.26. The molecule has 0 saturated carbocycles. The minimum Gasteiger partial charge on any atom is -0.378 e. The average molecular weight is 464 g/mol. The number of hydrogen-bond donors (Lipinski definition) is 0. The number of nitriles is 1. The Hall–Kier alpha value is -3.06. The second-order valence-corrected chi connectivity index (χ2v) is 15.0. The van der Waals surface area contributed by atoms with E-state index in [2.05, 4.69) is 40.6 Å². The number of hydrogen-bond acceptors (Lipinski definition) is 7. The summed E-state index contributed by atoms with van der Waals surface area (Å²) in [5.41, 5.74) is 3.17. The Labute approximate surface area is 194 Å². The van der Waals surface area contributed by atoms with Gasteiger partial charge in [-0.25, -0.2) is 9.97 Å². The number of rotatable bonds is 8. The summed E-state index contributed by atoms with van der Waals surface area (Å²) in [5, 5.41) is 10.2. The topological polar surface area (TPSA) is 93.3 Å². The number of nitrogens with zero attached hydrogens (tertiary/aromatic N) is 5. The summed E-state index contributed by atoms with van der Waals surface area (Å²) in [6.45, 7) is 10.4. The van der Waals surface area contributed by atoms with E-state index in [9.17, 15) is 10.1 Å². The van der Waals surface area contributed by atoms with Gasteiger partial charge in [0.05, 0.1) is 35.9 Å². The van der Waals surface area contributed by atoms with Gasteiger partial charge < -0.3 is 14.4 Å². The highest BCUT2D eigenvalue weighted by molar-refractivity contribution is 6.76. The zero-order valence-corrected chi connectivity index (χ0v) is 20.4. The average Bonchev–Trinajstić information content (AvgIpc) is 3.15. The molecule has 0 bridgehead atoms. The Balaban J connectivity index is 1.87. The number of aromatic nitrogens is 3. The number of morpholine rings is 1. The maximum absolute atomic E-state index is 12.4. The monoisotopic (exact) mass is 463 g/mol. The van der Waals surface area contributed by atoms with Crippen LogP contribution in [0, 0.1) is 11.3 Å². The number of carbonyl (C=O) groups is 1. The van der Waals surface area contributed by atoms with Gasteiger partial charge in [-0.3, -0.25) is 9.36 Å². The van der Waals surface area contributed by atoms with Gasteiger partial charge in [0, 0.05) is 33.3 Å². The lowest BCUT2D eigenvalue weighted by molar-refractivity contribution is 0.0860. The Kier molecular flexibility index (Phi) is 6.88. The van der Waals surface area contributed by atoms with Crippen molar-refractivity contribution in [1.82, 2.24) is 14.5 Å². The largest absolute Gasteiger partial charge is 0.378 e. The van der Waals surface area contributed by atoms with E-state index in [4.69, 9.17) is 9.47 Å². The first-order valence-corrected chi connectivity index (χ1v) is 14.9. The van der Waals surface area contributed by atoms with E-state index in [0.29, 0.717) is 49.8 Å². The maximum atomic E-state index is 12.4. The third-order valence-corrected chi connectivity index (χ3v) is 7.48. The van der Waals surface area contributed by atoms with Crippen LogP contribution in [0.15, 0.2) is 30.6 Å². The molecular formula is C24H29N5O3Si. The molecule has 172 valence electrons. The predicted molar refractivity (Wildman–Crippen MR) is 130 cm³/mol. The van der Waals surface area contributed by atoms with Crippen LogP contribution < -0.4 is 4.90 Å². The van der Waals surface area contributed by atoms with Gasteiger partial charge in [-0.05, 0) is 23.7 Å². The lowest BCUT2D eigenvalue weighted by Crippen LogP contribution is -2.36. The van der Waals surface area contributed by atoms with Crippen LogP contribution in [0.25, 0.3) is 22.2 Å². The lowest BCUT2D eigenvalue weighted by atomic mass is 10.0. The molecule has 1 aliphatic heterocycles. The van der Waals surface area contributed by atoms with E-state index in [1.54, 1.807) is 12.1 Å².